The Hall–Kier alpha value is -0.610. The zero-order valence-corrected chi connectivity index (χ0v) is 15.3. The molecule has 136 valence electrons. The Morgan fingerprint density at radius 1 is 1.12 bits per heavy atom. The van der Waals surface area contributed by atoms with Crippen molar-refractivity contribution in [2.24, 2.45) is 29.1 Å². The summed E-state index contributed by atoms with van der Waals surface area (Å²) in [6, 6.07) is 0. The summed E-state index contributed by atoms with van der Waals surface area (Å²) >= 11 is 0. The molecule has 2 saturated carbocycles. The van der Waals surface area contributed by atoms with E-state index in [1.807, 2.05) is 0 Å². The van der Waals surface area contributed by atoms with Gasteiger partial charge in [0.2, 0.25) is 0 Å². The predicted octanol–water partition coefficient (Wildman–Crippen LogP) is 3.10. The molecular weight excluding hydrogens is 302 g/mol. The highest BCUT2D eigenvalue weighted by molar-refractivity contribution is 5.75. The molecule has 2 aliphatic heterocycles. The van der Waals surface area contributed by atoms with Crippen LogP contribution in [0.2, 0.25) is 0 Å². The van der Waals surface area contributed by atoms with E-state index in [4.69, 9.17) is 9.47 Å². The summed E-state index contributed by atoms with van der Waals surface area (Å²) in [5.41, 5.74) is 0.535. The van der Waals surface area contributed by atoms with E-state index in [2.05, 4.69) is 18.7 Å². The molecular formula is C20H33NO3. The van der Waals surface area contributed by atoms with Crippen molar-refractivity contribution in [3.05, 3.63) is 0 Å². The van der Waals surface area contributed by atoms with Gasteiger partial charge in [0.05, 0.1) is 19.1 Å². The van der Waals surface area contributed by atoms with Crippen molar-refractivity contribution in [3.63, 3.8) is 0 Å². The topological polar surface area (TPSA) is 38.8 Å². The van der Waals surface area contributed by atoms with Crippen molar-refractivity contribution in [2.45, 2.75) is 58.5 Å². The Labute approximate surface area is 146 Å². The van der Waals surface area contributed by atoms with Gasteiger partial charge >= 0.3 is 5.97 Å². The van der Waals surface area contributed by atoms with E-state index in [9.17, 15) is 4.79 Å². The van der Waals surface area contributed by atoms with Gasteiger partial charge in [-0.2, -0.15) is 0 Å². The molecule has 0 aromatic carbocycles. The molecule has 4 nitrogen and oxygen atoms in total. The van der Waals surface area contributed by atoms with Gasteiger partial charge in [-0.3, -0.25) is 9.69 Å². The van der Waals surface area contributed by atoms with Crippen LogP contribution >= 0.6 is 0 Å². The van der Waals surface area contributed by atoms with E-state index < -0.39 is 0 Å². The van der Waals surface area contributed by atoms with Crippen molar-refractivity contribution in [1.29, 1.82) is 0 Å². The van der Waals surface area contributed by atoms with Crippen LogP contribution in [0, 0.1) is 29.1 Å². The van der Waals surface area contributed by atoms with Gasteiger partial charge in [-0.05, 0) is 43.4 Å². The number of morpholine rings is 1. The third-order valence-electron chi connectivity index (χ3n) is 7.52. The third-order valence-corrected chi connectivity index (χ3v) is 7.52. The minimum Gasteiger partial charge on any atom is -0.461 e. The first-order valence-corrected chi connectivity index (χ1v) is 10.2. The summed E-state index contributed by atoms with van der Waals surface area (Å²) in [5.74, 6) is 1.96. The van der Waals surface area contributed by atoms with Gasteiger partial charge in [-0.1, -0.05) is 20.3 Å². The number of hydrogen-bond donors (Lipinski definition) is 0. The number of carbonyl (C=O) groups is 1. The zero-order valence-electron chi connectivity index (χ0n) is 15.3. The fourth-order valence-corrected chi connectivity index (χ4v) is 5.98. The number of ether oxygens (including phenoxy) is 2. The fraction of sp³-hybridized carbons (Fsp3) is 0.950. The summed E-state index contributed by atoms with van der Waals surface area (Å²) < 4.78 is 11.6. The molecule has 2 aliphatic carbocycles. The molecule has 0 aromatic heterocycles. The van der Waals surface area contributed by atoms with Crippen molar-refractivity contribution >= 4 is 5.97 Å². The van der Waals surface area contributed by atoms with Gasteiger partial charge in [0.1, 0.15) is 6.10 Å². The first-order chi connectivity index (χ1) is 11.7. The lowest BCUT2D eigenvalue weighted by Crippen LogP contribution is -2.42. The van der Waals surface area contributed by atoms with Crippen LogP contribution in [0.5, 0.6) is 0 Å². The van der Waals surface area contributed by atoms with Crippen molar-refractivity contribution in [1.82, 2.24) is 4.90 Å². The number of hydrogen-bond acceptors (Lipinski definition) is 4. The Kier molecular flexibility index (Phi) is 4.63. The fourth-order valence-electron chi connectivity index (χ4n) is 5.98. The van der Waals surface area contributed by atoms with Gasteiger partial charge in [0, 0.05) is 31.5 Å². The molecule has 0 amide bonds. The lowest BCUT2D eigenvalue weighted by Gasteiger charge is -2.34. The number of esters is 1. The number of carbonyl (C=O) groups excluding carboxylic acids is 1. The maximum absolute atomic E-state index is 12.7. The van der Waals surface area contributed by atoms with Crippen LogP contribution in [0.25, 0.3) is 0 Å². The van der Waals surface area contributed by atoms with Crippen LogP contribution in [0.15, 0.2) is 0 Å². The summed E-state index contributed by atoms with van der Waals surface area (Å²) in [4.78, 5) is 15.1. The molecule has 4 heteroatoms. The predicted molar refractivity (Wildman–Crippen MR) is 92.6 cm³/mol. The van der Waals surface area contributed by atoms with Gasteiger partial charge in [-0.25, -0.2) is 0 Å². The number of cyclic esters (lactones) is 1. The minimum absolute atomic E-state index is 0.0759. The smallest absolute Gasteiger partial charge is 0.310 e. The molecule has 24 heavy (non-hydrogen) atoms. The summed E-state index contributed by atoms with van der Waals surface area (Å²) in [5, 5.41) is 0. The number of nitrogens with zero attached hydrogens (tertiary/aromatic N) is 1. The van der Waals surface area contributed by atoms with E-state index >= 15 is 0 Å². The van der Waals surface area contributed by atoms with Gasteiger partial charge in [0.15, 0.2) is 0 Å². The SMILES string of the molecule is CC[C@@H]1CCC2(CC2)[C@@H]1[C@H]1OC(=O)[C@@H](CN2CCOCC2)[C@@H]1CC. The molecule has 0 bridgehead atoms. The highest BCUT2D eigenvalue weighted by atomic mass is 16.6. The molecule has 0 aromatic rings. The van der Waals surface area contributed by atoms with Gasteiger partial charge < -0.3 is 9.47 Å². The maximum atomic E-state index is 12.7. The Morgan fingerprint density at radius 3 is 2.50 bits per heavy atom. The van der Waals surface area contributed by atoms with Crippen LogP contribution in [-0.2, 0) is 14.3 Å². The van der Waals surface area contributed by atoms with Gasteiger partial charge in [0.25, 0.3) is 0 Å². The van der Waals surface area contributed by atoms with E-state index in [1.54, 1.807) is 0 Å². The lowest BCUT2D eigenvalue weighted by atomic mass is 9.73. The van der Waals surface area contributed by atoms with E-state index in [-0.39, 0.29) is 18.0 Å². The van der Waals surface area contributed by atoms with Crippen LogP contribution < -0.4 is 0 Å². The van der Waals surface area contributed by atoms with E-state index in [0.29, 0.717) is 17.3 Å². The molecule has 5 atom stereocenters. The Balaban J connectivity index is 1.50. The highest BCUT2D eigenvalue weighted by Gasteiger charge is 2.62. The second kappa shape index (κ2) is 6.60. The normalized spacial score (nSPS) is 41.8. The molecule has 2 heterocycles. The summed E-state index contributed by atoms with van der Waals surface area (Å²) in [7, 11) is 0. The van der Waals surface area contributed by atoms with E-state index in [0.717, 1.165) is 45.2 Å². The monoisotopic (exact) mass is 335 g/mol. The molecule has 2 saturated heterocycles. The van der Waals surface area contributed by atoms with Crippen molar-refractivity contribution in [2.75, 3.05) is 32.8 Å². The van der Waals surface area contributed by atoms with E-state index in [1.165, 1.54) is 32.1 Å². The maximum Gasteiger partial charge on any atom is 0.310 e. The average Bonchev–Trinajstić information content (AvgIpc) is 3.19. The molecule has 0 radical (unpaired) electrons. The van der Waals surface area contributed by atoms with Gasteiger partial charge in [-0.15, -0.1) is 0 Å². The van der Waals surface area contributed by atoms with Crippen molar-refractivity contribution in [3.8, 4) is 0 Å². The first kappa shape index (κ1) is 16.8. The zero-order chi connectivity index (χ0) is 16.7. The Bertz CT molecular complexity index is 470. The lowest BCUT2D eigenvalue weighted by molar-refractivity contribution is -0.147. The quantitative estimate of drug-likeness (QED) is 0.724. The minimum atomic E-state index is 0.0759. The average molecular weight is 335 g/mol. The first-order valence-electron chi connectivity index (χ1n) is 10.2. The molecule has 0 N–H and O–H groups in total. The van der Waals surface area contributed by atoms with Crippen molar-refractivity contribution < 1.29 is 14.3 Å². The number of rotatable bonds is 5. The summed E-state index contributed by atoms with van der Waals surface area (Å²) in [6.07, 6.45) is 7.94. The molecule has 4 aliphatic rings. The second-order valence-corrected chi connectivity index (χ2v) is 8.59. The van der Waals surface area contributed by atoms with Crippen LogP contribution in [-0.4, -0.2) is 49.8 Å². The molecule has 1 spiro atoms. The van der Waals surface area contributed by atoms with Crippen LogP contribution in [0.4, 0.5) is 0 Å². The highest BCUT2D eigenvalue weighted by Crippen LogP contribution is 2.66. The molecule has 4 fully saturated rings. The second-order valence-electron chi connectivity index (χ2n) is 8.59. The Morgan fingerprint density at radius 2 is 1.88 bits per heavy atom. The molecule has 4 rings (SSSR count). The van der Waals surface area contributed by atoms with Crippen LogP contribution in [0.1, 0.15) is 52.4 Å². The molecule has 0 unspecified atom stereocenters. The van der Waals surface area contributed by atoms with Crippen LogP contribution in [0.3, 0.4) is 0 Å². The third kappa shape index (κ3) is 2.80. The largest absolute Gasteiger partial charge is 0.461 e. The summed E-state index contributed by atoms with van der Waals surface area (Å²) in [6.45, 7) is 8.94. The standard InChI is InChI=1S/C20H33NO3/c1-3-14-5-6-20(7-8-20)17(14)18-15(4-2)16(19(22)24-18)13-21-9-11-23-12-10-21/h14-18H,3-13H2,1-2H3/t14-,15+,16+,17+,18+/m1/s1.